The molecule has 0 heterocycles. The van der Waals surface area contributed by atoms with Gasteiger partial charge in [0.1, 0.15) is 6.42 Å². The molecule has 0 aromatic rings. The normalized spacial score (nSPS) is 12.8. The lowest BCUT2D eigenvalue weighted by molar-refractivity contribution is -0.152. The molecule has 0 saturated carbocycles. The summed E-state index contributed by atoms with van der Waals surface area (Å²) in [4.78, 5) is 10.3. The van der Waals surface area contributed by atoms with E-state index in [1.807, 2.05) is 0 Å². The van der Waals surface area contributed by atoms with E-state index in [-0.39, 0.29) is 0 Å². The number of hydrogen-bond donors (Lipinski definition) is 3. The summed E-state index contributed by atoms with van der Waals surface area (Å²) < 4.78 is 44.7. The fraction of sp³-hybridized carbons (Fsp3) is 0.667. The first-order chi connectivity index (χ1) is 5.10. The Kier molecular flexibility index (Phi) is 3.25. The molecule has 0 fully saturated rings. The quantitative estimate of drug-likeness (QED) is 0.556. The molecule has 0 aromatic heterocycles. The van der Waals surface area contributed by atoms with Gasteiger partial charge in [-0.05, 0) is 0 Å². The Morgan fingerprint density at radius 3 is 2.08 bits per heavy atom. The van der Waals surface area contributed by atoms with Gasteiger partial charge in [-0.2, -0.15) is 13.2 Å². The first-order valence-electron chi connectivity index (χ1n) is 2.65. The average Bonchev–Trinajstić information content (AvgIpc) is 1.49. The topological polar surface area (TPSA) is 98.2 Å². The van der Waals surface area contributed by atoms with E-state index in [0.717, 1.165) is 0 Å². The van der Waals surface area contributed by atoms with E-state index >= 15 is 0 Å². The first-order valence-corrected chi connectivity index (χ1v) is 4.50. The van der Waals surface area contributed by atoms with Crippen LogP contribution in [0.3, 0.4) is 0 Å². The molecule has 5 N–H and O–H groups in total. The molecule has 72 valence electrons. The van der Waals surface area contributed by atoms with Crippen LogP contribution in [0.25, 0.3) is 0 Å². The first kappa shape index (κ1) is 11.4. The van der Waals surface area contributed by atoms with Crippen molar-refractivity contribution in [3.63, 3.8) is 0 Å². The molecular weight excluding hydrogens is 198 g/mol. The van der Waals surface area contributed by atoms with Crippen LogP contribution in [0.2, 0.25) is 0 Å². The van der Waals surface area contributed by atoms with Crippen LogP contribution in [-0.4, -0.2) is 12.1 Å². The number of nitrogens with two attached hydrogens (primary N) is 2. The molecule has 5 nitrogen and oxygen atoms in total. The van der Waals surface area contributed by atoms with Crippen molar-refractivity contribution >= 4 is 13.5 Å². The lowest BCUT2D eigenvalue weighted by Gasteiger charge is -2.09. The smallest absolute Gasteiger partial charge is 0.283 e. The Labute approximate surface area is 65.8 Å². The van der Waals surface area contributed by atoms with Crippen molar-refractivity contribution in [1.29, 1.82) is 0 Å². The molecule has 0 radical (unpaired) electrons. The molecule has 0 unspecified atom stereocenters. The van der Waals surface area contributed by atoms with Crippen molar-refractivity contribution in [3.05, 3.63) is 0 Å². The van der Waals surface area contributed by atoms with Crippen molar-refractivity contribution in [2.45, 2.75) is 12.6 Å². The fourth-order valence-electron chi connectivity index (χ4n) is 0.416. The number of carbonyl (C=O) groups excluding carboxylic acids is 1. The molecule has 0 aliphatic heterocycles. The predicted octanol–water partition coefficient (Wildman–Crippen LogP) is 0.0805. The molecule has 0 aliphatic rings. The summed E-state index contributed by atoms with van der Waals surface area (Å²) >= 11 is 0. The average molecular weight is 205 g/mol. The number of carbonyl (C=O) groups is 1. The highest BCUT2D eigenvalue weighted by Crippen LogP contribution is 2.23. The summed E-state index contributed by atoms with van der Waals surface area (Å²) in [7, 11) is -3.91. The van der Waals surface area contributed by atoms with Crippen molar-refractivity contribution in [3.8, 4) is 0 Å². The van der Waals surface area contributed by atoms with Gasteiger partial charge in [-0.25, -0.2) is 0 Å². The molecule has 0 spiro atoms. The van der Waals surface area contributed by atoms with Gasteiger partial charge in [-0.3, -0.25) is 25.5 Å². The summed E-state index contributed by atoms with van der Waals surface area (Å²) in [6, 6.07) is 0. The summed E-state index contributed by atoms with van der Waals surface area (Å²) in [5.41, 5.74) is 9.18. The standard InChI is InChI=1S/C3H7F3N3O2P/c4-3(5,6)1-2(10)9-12(7,8)11/h1H2,(H5,7,8,9,10,11). The minimum absolute atomic E-state index is 1.33. The minimum Gasteiger partial charge on any atom is -0.283 e. The number of hydrogen-bond acceptors (Lipinski definition) is 2. The van der Waals surface area contributed by atoms with E-state index in [2.05, 4.69) is 11.0 Å². The van der Waals surface area contributed by atoms with E-state index in [1.165, 1.54) is 5.09 Å². The van der Waals surface area contributed by atoms with E-state index in [9.17, 15) is 22.5 Å². The van der Waals surface area contributed by atoms with Crippen LogP contribution in [-0.2, 0) is 9.36 Å². The second-order valence-corrected chi connectivity index (χ2v) is 3.68. The van der Waals surface area contributed by atoms with Gasteiger partial charge in [0.25, 0.3) is 7.59 Å². The Bertz CT molecular complexity index is 221. The van der Waals surface area contributed by atoms with Gasteiger partial charge in [0.15, 0.2) is 0 Å². The Balaban J connectivity index is 4.01. The van der Waals surface area contributed by atoms with Crippen molar-refractivity contribution in [1.82, 2.24) is 5.09 Å². The monoisotopic (exact) mass is 205 g/mol. The van der Waals surface area contributed by atoms with Crippen molar-refractivity contribution in [2.75, 3.05) is 0 Å². The third-order valence-electron chi connectivity index (χ3n) is 0.660. The molecular formula is C3H7F3N3O2P. The van der Waals surface area contributed by atoms with Gasteiger partial charge in [-0.1, -0.05) is 0 Å². The van der Waals surface area contributed by atoms with E-state index < -0.39 is 26.1 Å². The highest BCUT2D eigenvalue weighted by Gasteiger charge is 2.32. The maximum absolute atomic E-state index is 11.4. The van der Waals surface area contributed by atoms with Crippen LogP contribution in [0.5, 0.6) is 0 Å². The molecule has 0 bridgehead atoms. The van der Waals surface area contributed by atoms with Gasteiger partial charge in [0.05, 0.1) is 0 Å². The molecule has 0 saturated heterocycles. The van der Waals surface area contributed by atoms with Gasteiger partial charge in [0, 0.05) is 0 Å². The Morgan fingerprint density at radius 2 is 1.83 bits per heavy atom. The zero-order valence-electron chi connectivity index (χ0n) is 5.76. The fourth-order valence-corrected chi connectivity index (χ4v) is 0.885. The maximum atomic E-state index is 11.4. The number of rotatable bonds is 2. The molecule has 0 atom stereocenters. The molecule has 9 heteroatoms. The highest BCUT2D eigenvalue weighted by atomic mass is 31.2. The zero-order valence-corrected chi connectivity index (χ0v) is 6.65. The van der Waals surface area contributed by atoms with E-state index in [1.54, 1.807) is 0 Å². The molecule has 0 rings (SSSR count). The maximum Gasteiger partial charge on any atom is 0.397 e. The highest BCUT2D eigenvalue weighted by molar-refractivity contribution is 7.57. The predicted molar refractivity (Wildman–Crippen MR) is 34.8 cm³/mol. The van der Waals surface area contributed by atoms with Crippen molar-refractivity contribution in [2.24, 2.45) is 11.0 Å². The summed E-state index contributed by atoms with van der Waals surface area (Å²) in [6.45, 7) is 0. The Hall–Kier alpha value is -0.590. The van der Waals surface area contributed by atoms with Gasteiger partial charge >= 0.3 is 6.18 Å². The van der Waals surface area contributed by atoms with Gasteiger partial charge < -0.3 is 0 Å². The summed E-state index contributed by atoms with van der Waals surface area (Å²) in [6.07, 6.45) is -6.40. The van der Waals surface area contributed by atoms with Crippen LogP contribution in [0.4, 0.5) is 13.2 Å². The summed E-state index contributed by atoms with van der Waals surface area (Å²) in [5.74, 6) is -1.50. The minimum atomic E-state index is -4.65. The van der Waals surface area contributed by atoms with Crippen LogP contribution < -0.4 is 16.1 Å². The van der Waals surface area contributed by atoms with Crippen LogP contribution in [0.15, 0.2) is 0 Å². The second-order valence-electron chi connectivity index (χ2n) is 2.04. The third kappa shape index (κ3) is 7.52. The van der Waals surface area contributed by atoms with Crippen LogP contribution in [0.1, 0.15) is 6.42 Å². The van der Waals surface area contributed by atoms with Crippen LogP contribution >= 0.6 is 7.59 Å². The van der Waals surface area contributed by atoms with Gasteiger partial charge in [0.2, 0.25) is 5.91 Å². The molecule has 0 aliphatic carbocycles. The number of alkyl halides is 3. The second kappa shape index (κ2) is 3.42. The van der Waals surface area contributed by atoms with Crippen LogP contribution in [0, 0.1) is 0 Å². The van der Waals surface area contributed by atoms with E-state index in [0.29, 0.717) is 0 Å². The molecule has 0 aromatic carbocycles. The van der Waals surface area contributed by atoms with E-state index in [4.69, 9.17) is 0 Å². The number of halogens is 3. The Morgan fingerprint density at radius 1 is 1.42 bits per heavy atom. The lowest BCUT2D eigenvalue weighted by atomic mass is 10.4. The lowest BCUT2D eigenvalue weighted by Crippen LogP contribution is -2.31. The third-order valence-corrected chi connectivity index (χ3v) is 1.26. The molecule has 1 amide bonds. The SMILES string of the molecule is NP(N)(=O)NC(=O)CC(F)(F)F. The number of amides is 1. The van der Waals surface area contributed by atoms with Gasteiger partial charge in [-0.15, -0.1) is 0 Å². The zero-order chi connectivity index (χ0) is 9.99. The number of nitrogens with one attached hydrogen (secondary N) is 1. The summed E-state index contributed by atoms with van der Waals surface area (Å²) in [5, 5.41) is 1.33. The van der Waals surface area contributed by atoms with Crippen molar-refractivity contribution < 1.29 is 22.5 Å². The largest absolute Gasteiger partial charge is 0.397 e. The molecule has 12 heavy (non-hydrogen) atoms.